The topological polar surface area (TPSA) is 21.3 Å². The quantitative estimate of drug-likeness (QED) is 0.802. The molecule has 2 nitrogen and oxygen atoms in total. The summed E-state index contributed by atoms with van der Waals surface area (Å²) in [4.78, 5) is 0. The van der Waals surface area contributed by atoms with Gasteiger partial charge in [0.2, 0.25) is 0 Å². The van der Waals surface area contributed by atoms with E-state index in [0.29, 0.717) is 6.04 Å². The molecule has 1 aliphatic carbocycles. The van der Waals surface area contributed by atoms with Gasteiger partial charge in [-0.2, -0.15) is 0 Å². The first-order chi connectivity index (χ1) is 8.75. The molecular weight excluding hydrogens is 290 g/mol. The maximum absolute atomic E-state index is 5.71. The number of nitrogens with one attached hydrogen (secondary N) is 1. The number of ether oxygens (including phenoxy) is 1. The van der Waals surface area contributed by atoms with E-state index in [2.05, 4.69) is 28.2 Å². The van der Waals surface area contributed by atoms with Crippen molar-refractivity contribution in [3.05, 3.63) is 28.7 Å². The van der Waals surface area contributed by atoms with Crippen LogP contribution in [0.15, 0.2) is 28.7 Å². The van der Waals surface area contributed by atoms with Gasteiger partial charge >= 0.3 is 0 Å². The smallest absolute Gasteiger partial charge is 0.120 e. The van der Waals surface area contributed by atoms with Crippen LogP contribution in [0.3, 0.4) is 0 Å². The molecule has 0 aliphatic heterocycles. The molecule has 100 valence electrons. The van der Waals surface area contributed by atoms with Gasteiger partial charge in [0, 0.05) is 17.1 Å². The maximum Gasteiger partial charge on any atom is 0.120 e. The van der Waals surface area contributed by atoms with Crippen LogP contribution in [-0.2, 0) is 0 Å². The summed E-state index contributed by atoms with van der Waals surface area (Å²) >= 11 is 3.44. The molecule has 0 heterocycles. The maximum atomic E-state index is 5.71. The molecule has 0 amide bonds. The Bertz CT molecular complexity index is 363. The second-order valence-corrected chi connectivity index (χ2v) is 6.01. The highest BCUT2D eigenvalue weighted by Crippen LogP contribution is 2.27. The van der Waals surface area contributed by atoms with E-state index in [1.54, 1.807) is 0 Å². The first kappa shape index (κ1) is 13.9. The van der Waals surface area contributed by atoms with E-state index >= 15 is 0 Å². The van der Waals surface area contributed by atoms with E-state index in [1.165, 1.54) is 25.7 Å². The van der Waals surface area contributed by atoms with E-state index in [4.69, 9.17) is 4.74 Å². The van der Waals surface area contributed by atoms with Gasteiger partial charge in [0.15, 0.2) is 0 Å². The normalized spacial score (nSPS) is 17.9. The predicted octanol–water partition coefficient (Wildman–Crippen LogP) is 4.00. The number of rotatable bonds is 6. The molecule has 1 fully saturated rings. The molecule has 3 heteroatoms. The standard InChI is InChI=1S/C15H22BrNO/c1-12(13-5-2-3-6-13)17-9-10-18-15-8-4-7-14(16)11-15/h4,7-8,11-13,17H,2-3,5-6,9-10H2,1H3/t12-/m0/s1. The van der Waals surface area contributed by atoms with Crippen molar-refractivity contribution in [2.24, 2.45) is 5.92 Å². The van der Waals surface area contributed by atoms with Crippen LogP contribution in [0.2, 0.25) is 0 Å². The molecule has 0 saturated heterocycles. The lowest BCUT2D eigenvalue weighted by Gasteiger charge is -2.20. The van der Waals surface area contributed by atoms with Gasteiger partial charge in [-0.3, -0.25) is 0 Å². The number of benzene rings is 1. The third kappa shape index (κ3) is 4.29. The van der Waals surface area contributed by atoms with E-state index in [9.17, 15) is 0 Å². The molecular formula is C15H22BrNO. The van der Waals surface area contributed by atoms with Gasteiger partial charge in [-0.1, -0.05) is 34.8 Å². The molecule has 18 heavy (non-hydrogen) atoms. The molecule has 2 rings (SSSR count). The molecule has 1 aromatic carbocycles. The molecule has 0 unspecified atom stereocenters. The van der Waals surface area contributed by atoms with Crippen molar-refractivity contribution in [1.29, 1.82) is 0 Å². The fraction of sp³-hybridized carbons (Fsp3) is 0.600. The van der Waals surface area contributed by atoms with Crippen LogP contribution in [0.5, 0.6) is 5.75 Å². The minimum atomic E-state index is 0.624. The van der Waals surface area contributed by atoms with E-state index < -0.39 is 0 Å². The van der Waals surface area contributed by atoms with Crippen LogP contribution in [0.25, 0.3) is 0 Å². The first-order valence-electron chi connectivity index (χ1n) is 6.87. The highest BCUT2D eigenvalue weighted by Gasteiger charge is 2.20. The summed E-state index contributed by atoms with van der Waals surface area (Å²) in [6, 6.07) is 8.62. The Hall–Kier alpha value is -0.540. The summed E-state index contributed by atoms with van der Waals surface area (Å²) in [5, 5.41) is 3.57. The fourth-order valence-electron chi connectivity index (χ4n) is 2.64. The van der Waals surface area contributed by atoms with Crippen molar-refractivity contribution in [2.45, 2.75) is 38.6 Å². The van der Waals surface area contributed by atoms with Crippen LogP contribution in [-0.4, -0.2) is 19.2 Å². The van der Waals surface area contributed by atoms with Crippen molar-refractivity contribution < 1.29 is 4.74 Å². The Morgan fingerprint density at radius 3 is 2.89 bits per heavy atom. The highest BCUT2D eigenvalue weighted by atomic mass is 79.9. The summed E-state index contributed by atoms with van der Waals surface area (Å²) < 4.78 is 6.77. The minimum absolute atomic E-state index is 0.624. The Kier molecular flexibility index (Phi) is 5.51. The molecule has 0 spiro atoms. The van der Waals surface area contributed by atoms with Gasteiger partial charge in [-0.05, 0) is 43.9 Å². The van der Waals surface area contributed by atoms with Crippen LogP contribution in [0.4, 0.5) is 0 Å². The summed E-state index contributed by atoms with van der Waals surface area (Å²) in [6.45, 7) is 3.95. The average Bonchev–Trinajstić information content (AvgIpc) is 2.88. The number of halogens is 1. The molecule has 0 radical (unpaired) electrons. The summed E-state index contributed by atoms with van der Waals surface area (Å²) in [5.74, 6) is 1.80. The molecule has 0 bridgehead atoms. The molecule has 1 saturated carbocycles. The molecule has 1 aromatic rings. The van der Waals surface area contributed by atoms with E-state index in [0.717, 1.165) is 29.3 Å². The summed E-state index contributed by atoms with van der Waals surface area (Å²) in [6.07, 6.45) is 5.60. The molecule has 1 N–H and O–H groups in total. The second-order valence-electron chi connectivity index (χ2n) is 5.09. The van der Waals surface area contributed by atoms with Gasteiger partial charge in [0.25, 0.3) is 0 Å². The predicted molar refractivity (Wildman–Crippen MR) is 79.1 cm³/mol. The van der Waals surface area contributed by atoms with Gasteiger partial charge in [0.05, 0.1) is 0 Å². The zero-order valence-corrected chi connectivity index (χ0v) is 12.6. The summed E-state index contributed by atoms with van der Waals surface area (Å²) in [5.41, 5.74) is 0. The Balaban J connectivity index is 1.63. The van der Waals surface area contributed by atoms with Crippen LogP contribution >= 0.6 is 15.9 Å². The van der Waals surface area contributed by atoms with Gasteiger partial charge in [0.1, 0.15) is 12.4 Å². The number of hydrogen-bond acceptors (Lipinski definition) is 2. The van der Waals surface area contributed by atoms with Crippen molar-refractivity contribution in [3.63, 3.8) is 0 Å². The third-order valence-corrected chi connectivity index (χ3v) is 4.23. The molecule has 1 atom stereocenters. The lowest BCUT2D eigenvalue weighted by molar-refractivity contribution is 0.290. The van der Waals surface area contributed by atoms with E-state index in [-0.39, 0.29) is 0 Å². The van der Waals surface area contributed by atoms with Gasteiger partial charge in [-0.15, -0.1) is 0 Å². The zero-order valence-electron chi connectivity index (χ0n) is 11.0. The number of hydrogen-bond donors (Lipinski definition) is 1. The van der Waals surface area contributed by atoms with Crippen molar-refractivity contribution in [2.75, 3.05) is 13.2 Å². The zero-order chi connectivity index (χ0) is 12.8. The van der Waals surface area contributed by atoms with Crippen molar-refractivity contribution in [1.82, 2.24) is 5.32 Å². The summed E-state index contributed by atoms with van der Waals surface area (Å²) in [7, 11) is 0. The third-order valence-electron chi connectivity index (χ3n) is 3.74. The Morgan fingerprint density at radius 1 is 1.39 bits per heavy atom. The van der Waals surface area contributed by atoms with Crippen LogP contribution < -0.4 is 10.1 Å². The molecule has 1 aliphatic rings. The van der Waals surface area contributed by atoms with Gasteiger partial charge in [-0.25, -0.2) is 0 Å². The van der Waals surface area contributed by atoms with Crippen LogP contribution in [0.1, 0.15) is 32.6 Å². The fourth-order valence-corrected chi connectivity index (χ4v) is 3.01. The SMILES string of the molecule is C[C@H](NCCOc1cccc(Br)c1)C1CCCC1. The Morgan fingerprint density at radius 2 is 2.17 bits per heavy atom. The lowest BCUT2D eigenvalue weighted by atomic mass is 10.00. The monoisotopic (exact) mass is 311 g/mol. The average molecular weight is 312 g/mol. The Labute approximate surface area is 118 Å². The largest absolute Gasteiger partial charge is 0.492 e. The van der Waals surface area contributed by atoms with Gasteiger partial charge < -0.3 is 10.1 Å². The second kappa shape index (κ2) is 7.15. The van der Waals surface area contributed by atoms with Crippen molar-refractivity contribution >= 4 is 15.9 Å². The van der Waals surface area contributed by atoms with Crippen molar-refractivity contribution in [3.8, 4) is 5.75 Å². The molecule has 0 aromatic heterocycles. The first-order valence-corrected chi connectivity index (χ1v) is 7.67. The lowest BCUT2D eigenvalue weighted by Crippen LogP contribution is -2.35. The minimum Gasteiger partial charge on any atom is -0.492 e. The van der Waals surface area contributed by atoms with Crippen LogP contribution in [0, 0.1) is 5.92 Å². The highest BCUT2D eigenvalue weighted by molar-refractivity contribution is 9.10. The van der Waals surface area contributed by atoms with E-state index in [1.807, 2.05) is 24.3 Å².